The molecule has 0 saturated heterocycles. The number of aromatic nitrogens is 4. The third-order valence-electron chi connectivity index (χ3n) is 4.16. The zero-order chi connectivity index (χ0) is 19.1. The minimum absolute atomic E-state index is 0.564. The fourth-order valence-corrected chi connectivity index (χ4v) is 3.29. The average Bonchev–Trinajstić information content (AvgIpc) is 3.24. The van der Waals surface area contributed by atoms with Crippen LogP contribution in [0.2, 0.25) is 0 Å². The van der Waals surface area contributed by atoms with Crippen molar-refractivity contribution in [3.8, 4) is 0 Å². The highest BCUT2D eigenvalue weighted by Crippen LogP contribution is 2.11. The minimum atomic E-state index is 0.564. The first-order valence-electron chi connectivity index (χ1n) is 8.94. The lowest BCUT2D eigenvalue weighted by atomic mass is 10.2. The van der Waals surface area contributed by atoms with Gasteiger partial charge in [-0.05, 0) is 19.4 Å². The minimum Gasteiger partial charge on any atom is -0.356 e. The van der Waals surface area contributed by atoms with Crippen molar-refractivity contribution in [1.29, 1.82) is 0 Å². The number of hydrogen-bond acceptors (Lipinski definition) is 5. The van der Waals surface area contributed by atoms with Crippen LogP contribution < -0.4 is 10.6 Å². The Balaban J connectivity index is 1.61. The van der Waals surface area contributed by atoms with Gasteiger partial charge in [0.2, 0.25) is 0 Å². The highest BCUT2D eigenvalue weighted by atomic mass is 32.1. The van der Waals surface area contributed by atoms with E-state index in [1.54, 1.807) is 11.3 Å². The Morgan fingerprint density at radius 3 is 2.63 bits per heavy atom. The molecule has 0 bridgehead atoms. The molecule has 0 fully saturated rings. The van der Waals surface area contributed by atoms with Crippen molar-refractivity contribution in [2.75, 3.05) is 6.54 Å². The Bertz CT molecular complexity index is 883. The van der Waals surface area contributed by atoms with Gasteiger partial charge in [0.05, 0.1) is 18.1 Å². The van der Waals surface area contributed by atoms with E-state index in [1.807, 2.05) is 42.9 Å². The van der Waals surface area contributed by atoms with Crippen LogP contribution in [0.3, 0.4) is 0 Å². The van der Waals surface area contributed by atoms with Gasteiger partial charge in [-0.1, -0.05) is 30.3 Å². The van der Waals surface area contributed by atoms with E-state index < -0.39 is 0 Å². The van der Waals surface area contributed by atoms with E-state index in [0.717, 1.165) is 35.6 Å². The number of guanidine groups is 1. The molecule has 0 aliphatic heterocycles. The molecule has 0 unspecified atom stereocenters. The van der Waals surface area contributed by atoms with Gasteiger partial charge in [-0.15, -0.1) is 21.5 Å². The maximum atomic E-state index is 4.70. The zero-order valence-electron chi connectivity index (χ0n) is 15.9. The molecule has 2 heterocycles. The number of nitrogens with one attached hydrogen (secondary N) is 2. The summed E-state index contributed by atoms with van der Waals surface area (Å²) in [6.45, 7) is 5.96. The fourth-order valence-electron chi connectivity index (χ4n) is 2.50. The van der Waals surface area contributed by atoms with Crippen molar-refractivity contribution in [2.45, 2.75) is 33.4 Å². The smallest absolute Gasteiger partial charge is 0.191 e. The van der Waals surface area contributed by atoms with Gasteiger partial charge < -0.3 is 15.2 Å². The lowest BCUT2D eigenvalue weighted by Gasteiger charge is -2.12. The Kier molecular flexibility index (Phi) is 6.54. The van der Waals surface area contributed by atoms with Gasteiger partial charge in [-0.3, -0.25) is 0 Å². The molecule has 2 aromatic heterocycles. The summed E-state index contributed by atoms with van der Waals surface area (Å²) in [6.07, 6.45) is 2.78. The quantitative estimate of drug-likeness (QED) is 0.484. The maximum Gasteiger partial charge on any atom is 0.191 e. The topological polar surface area (TPSA) is 80.0 Å². The lowest BCUT2D eigenvalue weighted by Crippen LogP contribution is -2.38. The summed E-state index contributed by atoms with van der Waals surface area (Å²) in [5, 5.41) is 16.2. The molecule has 0 amide bonds. The molecular weight excluding hydrogens is 358 g/mol. The summed E-state index contributed by atoms with van der Waals surface area (Å²) in [4.78, 5) is 10.3. The molecule has 0 aliphatic carbocycles. The fraction of sp³-hybridized carbons (Fsp3) is 0.368. The SMILES string of the molecule is Cc1cnc(CCNC(=NCc2ccccc2)NCc2nnc(C)n2C)s1. The largest absolute Gasteiger partial charge is 0.356 e. The van der Waals surface area contributed by atoms with Gasteiger partial charge in [0.1, 0.15) is 5.82 Å². The van der Waals surface area contributed by atoms with E-state index in [4.69, 9.17) is 4.99 Å². The summed E-state index contributed by atoms with van der Waals surface area (Å²) >= 11 is 1.73. The molecule has 8 heteroatoms. The van der Waals surface area contributed by atoms with Crippen LogP contribution in [0.1, 0.15) is 27.1 Å². The molecule has 3 aromatic rings. The number of thiazole rings is 1. The Labute approximate surface area is 163 Å². The van der Waals surface area contributed by atoms with E-state index >= 15 is 0 Å². The molecule has 142 valence electrons. The monoisotopic (exact) mass is 383 g/mol. The molecule has 0 radical (unpaired) electrons. The van der Waals surface area contributed by atoms with Crippen molar-refractivity contribution in [3.63, 3.8) is 0 Å². The summed E-state index contributed by atoms with van der Waals surface area (Å²) in [6, 6.07) is 10.2. The van der Waals surface area contributed by atoms with Crippen molar-refractivity contribution in [2.24, 2.45) is 12.0 Å². The molecular formula is C19H25N7S. The highest BCUT2D eigenvalue weighted by molar-refractivity contribution is 7.11. The van der Waals surface area contributed by atoms with E-state index in [-0.39, 0.29) is 0 Å². The van der Waals surface area contributed by atoms with Gasteiger partial charge in [0.25, 0.3) is 0 Å². The number of rotatable bonds is 7. The van der Waals surface area contributed by atoms with E-state index in [0.29, 0.717) is 13.1 Å². The Morgan fingerprint density at radius 2 is 1.96 bits per heavy atom. The van der Waals surface area contributed by atoms with Crippen LogP contribution in [0.4, 0.5) is 0 Å². The highest BCUT2D eigenvalue weighted by Gasteiger charge is 2.07. The van der Waals surface area contributed by atoms with Crippen molar-refractivity contribution in [3.05, 3.63) is 63.6 Å². The standard InChI is InChI=1S/C19H25N7S/c1-14-11-21-18(27-14)9-10-20-19(22-12-16-7-5-4-6-8-16)23-13-17-25-24-15(2)26(17)3/h4-8,11H,9-10,12-13H2,1-3H3,(H2,20,22,23). The first-order chi connectivity index (χ1) is 13.1. The van der Waals surface area contributed by atoms with Crippen molar-refractivity contribution >= 4 is 17.3 Å². The predicted molar refractivity (Wildman–Crippen MR) is 109 cm³/mol. The Hall–Kier alpha value is -2.74. The molecule has 27 heavy (non-hydrogen) atoms. The number of aliphatic imine (C=N–C) groups is 1. The second kappa shape index (κ2) is 9.27. The number of benzene rings is 1. The summed E-state index contributed by atoms with van der Waals surface area (Å²) in [5.41, 5.74) is 1.17. The number of aryl methyl sites for hydroxylation is 2. The van der Waals surface area contributed by atoms with E-state index in [1.165, 1.54) is 10.4 Å². The zero-order valence-corrected chi connectivity index (χ0v) is 16.8. The van der Waals surface area contributed by atoms with Gasteiger partial charge >= 0.3 is 0 Å². The molecule has 7 nitrogen and oxygen atoms in total. The first-order valence-corrected chi connectivity index (χ1v) is 9.76. The normalized spacial score (nSPS) is 11.6. The van der Waals surface area contributed by atoms with Crippen LogP contribution in [0.15, 0.2) is 41.5 Å². The predicted octanol–water partition coefficient (Wildman–Crippen LogP) is 2.37. The lowest BCUT2D eigenvalue weighted by molar-refractivity contribution is 0.712. The molecule has 0 aliphatic rings. The summed E-state index contributed by atoms with van der Waals surface area (Å²) in [7, 11) is 1.96. The molecule has 1 aromatic carbocycles. The molecule has 0 atom stereocenters. The maximum absolute atomic E-state index is 4.70. The molecule has 2 N–H and O–H groups in total. The van der Waals surface area contributed by atoms with E-state index in [2.05, 4.69) is 44.9 Å². The van der Waals surface area contributed by atoms with Crippen LogP contribution in [0.25, 0.3) is 0 Å². The molecule has 0 spiro atoms. The summed E-state index contributed by atoms with van der Waals surface area (Å²) < 4.78 is 1.97. The van der Waals surface area contributed by atoms with Gasteiger partial charge in [0.15, 0.2) is 11.8 Å². The molecule has 3 rings (SSSR count). The first kappa shape index (κ1) is 19.0. The van der Waals surface area contributed by atoms with Gasteiger partial charge in [0, 0.05) is 31.1 Å². The van der Waals surface area contributed by atoms with Gasteiger partial charge in [-0.25, -0.2) is 9.98 Å². The third-order valence-corrected chi connectivity index (χ3v) is 5.13. The second-order valence-corrected chi connectivity index (χ2v) is 7.59. The van der Waals surface area contributed by atoms with Crippen LogP contribution in [-0.4, -0.2) is 32.3 Å². The van der Waals surface area contributed by atoms with Crippen LogP contribution in [0.5, 0.6) is 0 Å². The molecule has 0 saturated carbocycles. The average molecular weight is 384 g/mol. The van der Waals surface area contributed by atoms with Crippen LogP contribution in [-0.2, 0) is 26.6 Å². The summed E-state index contributed by atoms with van der Waals surface area (Å²) in [5.74, 6) is 2.52. The van der Waals surface area contributed by atoms with Gasteiger partial charge in [-0.2, -0.15) is 0 Å². The number of nitrogens with zero attached hydrogens (tertiary/aromatic N) is 5. The van der Waals surface area contributed by atoms with E-state index in [9.17, 15) is 0 Å². The van der Waals surface area contributed by atoms with Crippen LogP contribution in [0, 0.1) is 13.8 Å². The Morgan fingerprint density at radius 1 is 1.15 bits per heavy atom. The van der Waals surface area contributed by atoms with Crippen molar-refractivity contribution in [1.82, 2.24) is 30.4 Å². The number of hydrogen-bond donors (Lipinski definition) is 2. The van der Waals surface area contributed by atoms with Crippen molar-refractivity contribution < 1.29 is 0 Å². The third kappa shape index (κ3) is 5.62. The van der Waals surface area contributed by atoms with Crippen LogP contribution >= 0.6 is 11.3 Å². The second-order valence-electron chi connectivity index (χ2n) is 6.27.